The van der Waals surface area contributed by atoms with Gasteiger partial charge in [-0.25, -0.2) is 0 Å². The van der Waals surface area contributed by atoms with Gasteiger partial charge >= 0.3 is 0 Å². The molecule has 1 aliphatic heterocycles. The Kier molecular flexibility index (Phi) is 4.29. The van der Waals surface area contributed by atoms with Crippen molar-refractivity contribution in [1.29, 1.82) is 0 Å². The third-order valence-corrected chi connectivity index (χ3v) is 5.47. The Hall–Kier alpha value is 0.0300. The van der Waals surface area contributed by atoms with E-state index < -0.39 is 15.7 Å². The molecular formula is C10H24N2O2S. The van der Waals surface area contributed by atoms with Gasteiger partial charge in [0.1, 0.15) is 0 Å². The van der Waals surface area contributed by atoms with E-state index in [-0.39, 0.29) is 6.04 Å². The first-order valence-corrected chi connectivity index (χ1v) is 7.99. The van der Waals surface area contributed by atoms with E-state index in [0.717, 1.165) is 19.4 Å². The maximum atomic E-state index is 12.0. The van der Waals surface area contributed by atoms with Crippen LogP contribution in [0, 0.1) is 0 Å². The quantitative estimate of drug-likeness (QED) is 0.494. The van der Waals surface area contributed by atoms with Crippen LogP contribution in [0.15, 0.2) is 0 Å². The van der Waals surface area contributed by atoms with Gasteiger partial charge in [-0.1, -0.05) is 17.0 Å². The summed E-state index contributed by atoms with van der Waals surface area (Å²) in [5.74, 6) is 0.352. The summed E-state index contributed by atoms with van der Waals surface area (Å²) >= 11 is 0. The van der Waals surface area contributed by atoms with E-state index in [2.05, 4.69) is 10.0 Å². The minimum atomic E-state index is -2.40. The molecule has 0 unspecified atom stereocenters. The summed E-state index contributed by atoms with van der Waals surface area (Å²) < 4.78 is 14.8. The fraction of sp³-hybridized carbons (Fsp3) is 1.00. The highest BCUT2D eigenvalue weighted by Crippen LogP contribution is 2.25. The summed E-state index contributed by atoms with van der Waals surface area (Å²) in [5, 5.41) is 13.8. The van der Waals surface area contributed by atoms with Crippen LogP contribution >= 0.6 is 0 Å². The molecular weight excluding hydrogens is 212 g/mol. The number of hydrogen-bond donors (Lipinski definition) is 4. The Labute approximate surface area is 93.4 Å². The molecule has 1 saturated heterocycles. The van der Waals surface area contributed by atoms with Crippen LogP contribution in [0.3, 0.4) is 0 Å². The van der Waals surface area contributed by atoms with Gasteiger partial charge in [-0.05, 0) is 32.9 Å². The normalized spacial score (nSPS) is 27.6. The van der Waals surface area contributed by atoms with Gasteiger partial charge in [-0.2, -0.15) is 0 Å². The molecule has 0 aliphatic carbocycles. The smallest absolute Gasteiger partial charge is 0.0904 e. The Balaban J connectivity index is 2.71. The van der Waals surface area contributed by atoms with Gasteiger partial charge in [0.25, 0.3) is 0 Å². The summed E-state index contributed by atoms with van der Waals surface area (Å²) in [5.41, 5.74) is -0.830. The maximum Gasteiger partial charge on any atom is 0.0904 e. The molecule has 0 radical (unpaired) electrons. The van der Waals surface area contributed by atoms with Gasteiger partial charge in [-0.15, -0.1) is 0 Å². The highest BCUT2D eigenvalue weighted by Gasteiger charge is 2.39. The molecule has 1 aliphatic rings. The lowest BCUT2D eigenvalue weighted by Crippen LogP contribution is -2.54. The average Bonchev–Trinajstić information content (AvgIpc) is 2.70. The third kappa shape index (κ3) is 3.24. The summed E-state index contributed by atoms with van der Waals surface area (Å²) in [6, 6.07) is 0.101. The molecule has 0 amide bonds. The van der Waals surface area contributed by atoms with Crippen LogP contribution in [-0.4, -0.2) is 46.6 Å². The lowest BCUT2D eigenvalue weighted by molar-refractivity contribution is 0.0257. The lowest BCUT2D eigenvalue weighted by atomic mass is 9.92. The summed E-state index contributed by atoms with van der Waals surface area (Å²) in [6.45, 7) is 2.91. The highest BCUT2D eigenvalue weighted by molar-refractivity contribution is 8.00. The molecule has 0 spiro atoms. The van der Waals surface area contributed by atoms with Crippen LogP contribution in [0.25, 0.3) is 0 Å². The van der Waals surface area contributed by atoms with Crippen LogP contribution < -0.4 is 10.0 Å². The second-order valence-electron chi connectivity index (χ2n) is 4.59. The number of rotatable bonds is 5. The molecule has 4 nitrogen and oxygen atoms in total. The molecule has 1 rings (SSSR count). The third-order valence-electron chi connectivity index (χ3n) is 3.37. The molecule has 0 aromatic rings. The van der Waals surface area contributed by atoms with Gasteiger partial charge < -0.3 is 10.4 Å². The van der Waals surface area contributed by atoms with Crippen molar-refractivity contribution < 1.29 is 9.32 Å². The molecule has 15 heavy (non-hydrogen) atoms. The van der Waals surface area contributed by atoms with Crippen LogP contribution in [0.1, 0.15) is 26.2 Å². The van der Waals surface area contributed by atoms with Crippen molar-refractivity contribution in [2.45, 2.75) is 37.8 Å². The van der Waals surface area contributed by atoms with E-state index >= 15 is 0 Å². The first-order chi connectivity index (χ1) is 6.93. The minimum absolute atomic E-state index is 0.101. The topological polar surface area (TPSA) is 61.4 Å². The largest absolute Gasteiger partial charge is 0.387 e. The van der Waals surface area contributed by atoms with E-state index in [1.807, 2.05) is 6.92 Å². The molecule has 0 saturated carbocycles. The number of hydrogen-bond acceptors (Lipinski definition) is 3. The standard InChI is InChI=1S/C10H24N2O2S/c1-4-10(13,8-15(3,14)11-2)9-6-5-7-12-9/h9,12-13,15H,4-8H2,1-3H3,(H,11,14)/t9-,10-/m0/s1. The molecule has 92 valence electrons. The van der Waals surface area contributed by atoms with Crippen molar-refractivity contribution in [2.75, 3.05) is 25.6 Å². The molecule has 1 fully saturated rings. The summed E-state index contributed by atoms with van der Waals surface area (Å²) in [6.07, 6.45) is 4.42. The zero-order valence-corrected chi connectivity index (χ0v) is 10.8. The maximum absolute atomic E-state index is 12.0. The fourth-order valence-electron chi connectivity index (χ4n) is 2.21. The van der Waals surface area contributed by atoms with Crippen LogP contribution in [-0.2, 0) is 10.1 Å². The Morgan fingerprint density at radius 1 is 1.67 bits per heavy atom. The van der Waals surface area contributed by atoms with Gasteiger partial charge in [0.05, 0.1) is 5.60 Å². The molecule has 0 aromatic carbocycles. The van der Waals surface area contributed by atoms with Crippen molar-refractivity contribution >= 4 is 10.1 Å². The summed E-state index contributed by atoms with van der Waals surface area (Å²) in [7, 11) is -0.711. The molecule has 0 aromatic heterocycles. The SMILES string of the molecule is CC[C@](O)(C[SH](C)(=O)NC)[C@@H]1CCCN1. The van der Waals surface area contributed by atoms with E-state index in [4.69, 9.17) is 0 Å². The zero-order valence-electron chi connectivity index (χ0n) is 9.92. The van der Waals surface area contributed by atoms with Crippen molar-refractivity contribution in [1.82, 2.24) is 10.0 Å². The van der Waals surface area contributed by atoms with E-state index in [1.54, 1.807) is 13.3 Å². The minimum Gasteiger partial charge on any atom is -0.387 e. The second kappa shape index (κ2) is 4.91. The van der Waals surface area contributed by atoms with Crippen LogP contribution in [0.5, 0.6) is 0 Å². The monoisotopic (exact) mass is 236 g/mol. The first kappa shape index (κ1) is 13.1. The number of thiol groups is 1. The zero-order chi connectivity index (χ0) is 11.5. The van der Waals surface area contributed by atoms with E-state index in [1.165, 1.54) is 0 Å². The second-order valence-corrected chi connectivity index (χ2v) is 7.55. The first-order valence-electron chi connectivity index (χ1n) is 5.65. The van der Waals surface area contributed by atoms with Crippen molar-refractivity contribution in [3.8, 4) is 0 Å². The summed E-state index contributed by atoms with van der Waals surface area (Å²) in [4.78, 5) is 0. The predicted octanol–water partition coefficient (Wildman–Crippen LogP) is -0.340. The van der Waals surface area contributed by atoms with Gasteiger partial charge in [0.15, 0.2) is 0 Å². The molecule has 2 atom stereocenters. The Morgan fingerprint density at radius 2 is 2.33 bits per heavy atom. The van der Waals surface area contributed by atoms with Crippen molar-refractivity contribution in [3.05, 3.63) is 0 Å². The molecule has 1 heterocycles. The van der Waals surface area contributed by atoms with Crippen molar-refractivity contribution in [2.24, 2.45) is 0 Å². The van der Waals surface area contributed by atoms with E-state index in [0.29, 0.717) is 12.2 Å². The number of nitrogens with one attached hydrogen (secondary N) is 2. The van der Waals surface area contributed by atoms with Gasteiger partial charge in [0.2, 0.25) is 0 Å². The van der Waals surface area contributed by atoms with Gasteiger partial charge in [-0.3, -0.25) is 8.93 Å². The molecule has 5 heteroatoms. The van der Waals surface area contributed by atoms with Crippen LogP contribution in [0.4, 0.5) is 0 Å². The Bertz CT molecular complexity index is 254. The lowest BCUT2D eigenvalue weighted by Gasteiger charge is -2.37. The Morgan fingerprint density at radius 3 is 2.73 bits per heavy atom. The van der Waals surface area contributed by atoms with Crippen molar-refractivity contribution in [3.63, 3.8) is 0 Å². The number of aliphatic hydroxyl groups is 1. The van der Waals surface area contributed by atoms with Gasteiger partial charge in [0, 0.05) is 18.1 Å². The molecule has 3 N–H and O–H groups in total. The fourth-order valence-corrected chi connectivity index (χ4v) is 3.86. The average molecular weight is 236 g/mol. The van der Waals surface area contributed by atoms with E-state index in [9.17, 15) is 9.32 Å². The molecule has 0 bridgehead atoms. The highest BCUT2D eigenvalue weighted by atomic mass is 32.3. The van der Waals surface area contributed by atoms with Crippen LogP contribution in [0.2, 0.25) is 0 Å². The predicted molar refractivity (Wildman–Crippen MR) is 65.7 cm³/mol.